The summed E-state index contributed by atoms with van der Waals surface area (Å²) in [5.41, 5.74) is 10.1. The summed E-state index contributed by atoms with van der Waals surface area (Å²) in [6, 6.07) is 8.24. The molecule has 2 N–H and O–H groups in total. The van der Waals surface area contributed by atoms with Crippen LogP contribution in [-0.2, 0) is 7.05 Å². The maximum absolute atomic E-state index is 6.19. The van der Waals surface area contributed by atoms with Crippen LogP contribution in [0.3, 0.4) is 0 Å². The van der Waals surface area contributed by atoms with Gasteiger partial charge in [0.2, 0.25) is 5.95 Å². The van der Waals surface area contributed by atoms with Crippen LogP contribution in [0.1, 0.15) is 23.7 Å². The topological polar surface area (TPSA) is 70.9 Å². The fraction of sp³-hybridized carbons (Fsp3) is 0.333. The lowest BCUT2D eigenvalue weighted by molar-refractivity contribution is 0.258. The zero-order chi connectivity index (χ0) is 14.6. The lowest BCUT2D eigenvalue weighted by atomic mass is 10.0. The van der Waals surface area contributed by atoms with Crippen molar-refractivity contribution in [3.8, 4) is 5.75 Å². The Morgan fingerprint density at radius 3 is 3.00 bits per heavy atom. The summed E-state index contributed by atoms with van der Waals surface area (Å²) < 4.78 is 9.68. The van der Waals surface area contributed by atoms with Gasteiger partial charge < -0.3 is 10.5 Å². The van der Waals surface area contributed by atoms with Crippen molar-refractivity contribution in [2.75, 3.05) is 12.3 Å². The zero-order valence-electron chi connectivity index (χ0n) is 12.1. The molecule has 0 saturated carbocycles. The van der Waals surface area contributed by atoms with Crippen molar-refractivity contribution in [1.82, 2.24) is 19.3 Å². The molecule has 1 atom stereocenters. The van der Waals surface area contributed by atoms with Crippen LogP contribution in [-0.4, -0.2) is 25.9 Å². The number of fused-ring (bicyclic) bond motifs is 2. The van der Waals surface area contributed by atoms with Crippen molar-refractivity contribution < 1.29 is 4.74 Å². The summed E-state index contributed by atoms with van der Waals surface area (Å²) in [6.45, 7) is 2.63. The minimum Gasteiger partial charge on any atom is -0.493 e. The second-order valence-electron chi connectivity index (χ2n) is 5.41. The number of nitrogens with zero attached hydrogens (tertiary/aromatic N) is 4. The molecule has 1 aliphatic heterocycles. The molecule has 4 rings (SSSR count). The van der Waals surface area contributed by atoms with Crippen molar-refractivity contribution in [3.63, 3.8) is 0 Å². The lowest BCUT2D eigenvalue weighted by Crippen LogP contribution is -2.22. The van der Waals surface area contributed by atoms with Crippen LogP contribution in [0.2, 0.25) is 0 Å². The van der Waals surface area contributed by atoms with Gasteiger partial charge in [0.05, 0.1) is 18.3 Å². The van der Waals surface area contributed by atoms with E-state index in [1.807, 2.05) is 36.9 Å². The number of para-hydroxylation sites is 1. The summed E-state index contributed by atoms with van der Waals surface area (Å²) in [5, 5.41) is 4.45. The van der Waals surface area contributed by atoms with Gasteiger partial charge in [-0.15, -0.1) is 0 Å². The number of hydrogen-bond acceptors (Lipinski definition) is 4. The van der Waals surface area contributed by atoms with Crippen LogP contribution in [0.4, 0.5) is 5.95 Å². The van der Waals surface area contributed by atoms with E-state index in [0.717, 1.165) is 34.6 Å². The third kappa shape index (κ3) is 1.65. The highest BCUT2D eigenvalue weighted by molar-refractivity contribution is 5.78. The quantitative estimate of drug-likeness (QED) is 0.742. The average Bonchev–Trinajstić information content (AvgIpc) is 2.96. The Hall–Kier alpha value is -2.50. The van der Waals surface area contributed by atoms with Gasteiger partial charge in [0.15, 0.2) is 5.65 Å². The van der Waals surface area contributed by atoms with Crippen molar-refractivity contribution in [3.05, 3.63) is 35.5 Å². The van der Waals surface area contributed by atoms with Crippen LogP contribution in [0.25, 0.3) is 11.2 Å². The number of nitrogen functional groups attached to an aromatic ring is 1. The van der Waals surface area contributed by atoms with Gasteiger partial charge in [-0.2, -0.15) is 5.10 Å². The van der Waals surface area contributed by atoms with Crippen molar-refractivity contribution in [2.24, 2.45) is 7.05 Å². The molecular weight excluding hydrogens is 266 g/mol. The van der Waals surface area contributed by atoms with Crippen molar-refractivity contribution in [2.45, 2.75) is 19.4 Å². The number of aromatic nitrogens is 4. The highest BCUT2D eigenvalue weighted by Crippen LogP contribution is 2.38. The highest BCUT2D eigenvalue weighted by atomic mass is 16.5. The summed E-state index contributed by atoms with van der Waals surface area (Å²) in [4.78, 5) is 4.50. The number of aryl methyl sites for hydroxylation is 2. The summed E-state index contributed by atoms with van der Waals surface area (Å²) in [5.74, 6) is 1.46. The number of anilines is 1. The third-order valence-corrected chi connectivity index (χ3v) is 4.10. The standard InChI is InChI=1S/C15H17N5O/c1-9-13-14(19(2)18-9)20(15(16)17-13)11-7-8-21-12-6-4-3-5-10(11)12/h3-6,11H,7-8H2,1-2H3,(H2,16,17). The molecule has 108 valence electrons. The Morgan fingerprint density at radius 2 is 2.14 bits per heavy atom. The number of imidazole rings is 1. The molecule has 1 aliphatic rings. The largest absolute Gasteiger partial charge is 0.493 e. The van der Waals surface area contributed by atoms with Gasteiger partial charge in [-0.3, -0.25) is 9.25 Å². The van der Waals surface area contributed by atoms with E-state index in [1.165, 1.54) is 0 Å². The monoisotopic (exact) mass is 283 g/mol. The highest BCUT2D eigenvalue weighted by Gasteiger charge is 2.28. The van der Waals surface area contributed by atoms with Gasteiger partial charge in [0, 0.05) is 19.0 Å². The SMILES string of the molecule is Cc1nn(C)c2c1nc(N)n2C1CCOc2ccccc21. The molecule has 21 heavy (non-hydrogen) atoms. The van der Waals surface area contributed by atoms with E-state index in [9.17, 15) is 0 Å². The first kappa shape index (κ1) is 12.3. The molecular formula is C15H17N5O. The lowest BCUT2D eigenvalue weighted by Gasteiger charge is -2.27. The summed E-state index contributed by atoms with van der Waals surface area (Å²) in [7, 11) is 1.93. The Labute approximate surface area is 122 Å². The maximum atomic E-state index is 6.19. The summed E-state index contributed by atoms with van der Waals surface area (Å²) in [6.07, 6.45) is 0.872. The van der Waals surface area contributed by atoms with Crippen LogP contribution in [0, 0.1) is 6.92 Å². The minimum absolute atomic E-state index is 0.134. The van der Waals surface area contributed by atoms with E-state index >= 15 is 0 Å². The maximum Gasteiger partial charge on any atom is 0.203 e. The van der Waals surface area contributed by atoms with E-state index in [-0.39, 0.29) is 6.04 Å². The van der Waals surface area contributed by atoms with Gasteiger partial charge in [-0.05, 0) is 13.0 Å². The first-order valence-corrected chi connectivity index (χ1v) is 7.05. The number of ether oxygens (including phenoxy) is 1. The normalized spacial score (nSPS) is 17.7. The van der Waals surface area contributed by atoms with E-state index in [4.69, 9.17) is 10.5 Å². The van der Waals surface area contributed by atoms with Gasteiger partial charge in [-0.25, -0.2) is 4.98 Å². The average molecular weight is 283 g/mol. The molecule has 0 radical (unpaired) electrons. The Bertz CT molecular complexity index is 832. The van der Waals surface area contributed by atoms with E-state index in [1.54, 1.807) is 0 Å². The Balaban J connectivity index is 1.98. The fourth-order valence-electron chi connectivity index (χ4n) is 3.21. The number of rotatable bonds is 1. The molecule has 0 amide bonds. The van der Waals surface area contributed by atoms with E-state index in [2.05, 4.69) is 20.7 Å². The van der Waals surface area contributed by atoms with Crippen LogP contribution >= 0.6 is 0 Å². The number of benzene rings is 1. The molecule has 0 fully saturated rings. The van der Waals surface area contributed by atoms with Crippen molar-refractivity contribution in [1.29, 1.82) is 0 Å². The minimum atomic E-state index is 0.134. The molecule has 6 heteroatoms. The second kappa shape index (κ2) is 4.25. The van der Waals surface area contributed by atoms with Crippen LogP contribution < -0.4 is 10.5 Å². The molecule has 0 saturated heterocycles. The van der Waals surface area contributed by atoms with E-state index in [0.29, 0.717) is 12.6 Å². The predicted octanol–water partition coefficient (Wildman–Crippen LogP) is 2.03. The number of nitrogens with two attached hydrogens (primary N) is 1. The molecule has 0 bridgehead atoms. The predicted molar refractivity (Wildman–Crippen MR) is 80.3 cm³/mol. The molecule has 0 aliphatic carbocycles. The van der Waals surface area contributed by atoms with Crippen LogP contribution in [0.5, 0.6) is 5.75 Å². The molecule has 1 aromatic carbocycles. The van der Waals surface area contributed by atoms with Crippen LogP contribution in [0.15, 0.2) is 24.3 Å². The molecule has 2 aromatic heterocycles. The summed E-state index contributed by atoms with van der Waals surface area (Å²) >= 11 is 0. The second-order valence-corrected chi connectivity index (χ2v) is 5.41. The molecule has 3 aromatic rings. The first-order valence-electron chi connectivity index (χ1n) is 7.05. The van der Waals surface area contributed by atoms with Gasteiger partial charge >= 0.3 is 0 Å². The first-order chi connectivity index (χ1) is 10.2. The Morgan fingerprint density at radius 1 is 1.33 bits per heavy atom. The Kier molecular flexibility index (Phi) is 2.48. The third-order valence-electron chi connectivity index (χ3n) is 4.10. The molecule has 1 unspecified atom stereocenters. The smallest absolute Gasteiger partial charge is 0.203 e. The fourth-order valence-corrected chi connectivity index (χ4v) is 3.21. The molecule has 6 nitrogen and oxygen atoms in total. The van der Waals surface area contributed by atoms with Gasteiger partial charge in [0.25, 0.3) is 0 Å². The molecule has 0 spiro atoms. The molecule has 3 heterocycles. The van der Waals surface area contributed by atoms with Gasteiger partial charge in [0.1, 0.15) is 11.3 Å². The van der Waals surface area contributed by atoms with Gasteiger partial charge in [-0.1, -0.05) is 18.2 Å². The number of hydrogen-bond donors (Lipinski definition) is 1. The zero-order valence-corrected chi connectivity index (χ0v) is 12.1. The van der Waals surface area contributed by atoms with E-state index < -0.39 is 0 Å². The van der Waals surface area contributed by atoms with Crippen molar-refractivity contribution >= 4 is 17.1 Å².